The Bertz CT molecular complexity index is 916. The van der Waals surface area contributed by atoms with E-state index >= 15 is 0 Å². The van der Waals surface area contributed by atoms with Gasteiger partial charge in [-0.3, -0.25) is 0 Å². The first kappa shape index (κ1) is 15.9. The Morgan fingerprint density at radius 2 is 1.84 bits per heavy atom. The number of nitrogens with zero attached hydrogens (tertiary/aromatic N) is 2. The molecule has 2 aromatic carbocycles. The molecule has 0 saturated heterocycles. The van der Waals surface area contributed by atoms with Crippen LogP contribution in [0.15, 0.2) is 82.1 Å². The average Bonchev–Trinajstić information content (AvgIpc) is 3.20. The second-order valence-corrected chi connectivity index (χ2v) is 7.81. The fourth-order valence-corrected chi connectivity index (χ4v) is 5.26. The van der Waals surface area contributed by atoms with Crippen LogP contribution in [0.25, 0.3) is 0 Å². The zero-order chi connectivity index (χ0) is 17.2. The molecule has 2 heterocycles. The van der Waals surface area contributed by atoms with Crippen molar-refractivity contribution in [2.45, 2.75) is 6.92 Å². The Hall–Kier alpha value is -2.62. The molecule has 5 heteroatoms. The summed E-state index contributed by atoms with van der Waals surface area (Å²) >= 11 is 0.232. The fourth-order valence-electron chi connectivity index (χ4n) is 2.89. The van der Waals surface area contributed by atoms with Gasteiger partial charge in [-0.05, 0) is 0 Å². The summed E-state index contributed by atoms with van der Waals surface area (Å²) < 4.78 is 2.60. The molecule has 4 rings (SSSR count). The zero-order valence-corrected chi connectivity index (χ0v) is 15.4. The summed E-state index contributed by atoms with van der Waals surface area (Å²) in [4.78, 5) is 19.3. The topological polar surface area (TPSA) is 41.9 Å². The molecule has 2 aliphatic rings. The normalized spacial score (nSPS) is 19.3. The van der Waals surface area contributed by atoms with Gasteiger partial charge < -0.3 is 0 Å². The summed E-state index contributed by atoms with van der Waals surface area (Å²) in [6.45, 7) is 3.04. The van der Waals surface area contributed by atoms with Crippen molar-refractivity contribution >= 4 is 36.8 Å². The van der Waals surface area contributed by atoms with E-state index in [4.69, 9.17) is 4.84 Å². The molecule has 0 radical (unpaired) electrons. The molecule has 25 heavy (non-hydrogen) atoms. The van der Waals surface area contributed by atoms with Crippen LogP contribution in [-0.4, -0.2) is 33.2 Å². The van der Waals surface area contributed by atoms with Crippen molar-refractivity contribution in [1.82, 2.24) is 0 Å². The van der Waals surface area contributed by atoms with Crippen LogP contribution >= 0.6 is 0 Å². The van der Waals surface area contributed by atoms with Crippen molar-refractivity contribution in [1.29, 1.82) is 0 Å². The number of para-hydroxylation sites is 1. The quantitative estimate of drug-likeness (QED) is 0.456. The molecule has 0 spiro atoms. The number of anilines is 1. The monoisotopic (exact) mass is 396 g/mol. The maximum atomic E-state index is 12.1. The van der Waals surface area contributed by atoms with Crippen molar-refractivity contribution < 1.29 is 9.63 Å². The fraction of sp³-hybridized carbons (Fsp3) is 0.100. The number of carbonyl (C=O) groups is 1. The molecular weight excluding hydrogens is 379 g/mol. The first-order valence-corrected chi connectivity index (χ1v) is 9.81. The van der Waals surface area contributed by atoms with Crippen LogP contribution in [0.3, 0.4) is 0 Å². The summed E-state index contributed by atoms with van der Waals surface area (Å²) in [5, 5.41) is 3.95. The van der Waals surface area contributed by atoms with E-state index in [0.717, 1.165) is 12.1 Å². The SMILES string of the molecule is CCN1/C(=C/C=C2\C(=O)ON=C2c2ccccc2)[Se]c2ccccc21. The van der Waals surface area contributed by atoms with Gasteiger partial charge in [0.1, 0.15) is 0 Å². The van der Waals surface area contributed by atoms with Gasteiger partial charge in [0.2, 0.25) is 0 Å². The van der Waals surface area contributed by atoms with Gasteiger partial charge in [0.05, 0.1) is 0 Å². The van der Waals surface area contributed by atoms with Crippen molar-refractivity contribution in [3.63, 3.8) is 0 Å². The van der Waals surface area contributed by atoms with Gasteiger partial charge >= 0.3 is 152 Å². The zero-order valence-electron chi connectivity index (χ0n) is 13.7. The molecule has 124 valence electrons. The Morgan fingerprint density at radius 1 is 1.08 bits per heavy atom. The third-order valence-corrected chi connectivity index (χ3v) is 6.46. The van der Waals surface area contributed by atoms with Gasteiger partial charge in [-0.25, -0.2) is 0 Å². The predicted molar refractivity (Wildman–Crippen MR) is 100 cm³/mol. The number of fused-ring (bicyclic) bond motifs is 1. The summed E-state index contributed by atoms with van der Waals surface area (Å²) in [6.07, 6.45) is 3.87. The number of rotatable bonds is 3. The van der Waals surface area contributed by atoms with Gasteiger partial charge in [-0.15, -0.1) is 0 Å². The molecule has 4 nitrogen and oxygen atoms in total. The molecule has 0 N–H and O–H groups in total. The van der Waals surface area contributed by atoms with Crippen LogP contribution in [-0.2, 0) is 9.63 Å². The van der Waals surface area contributed by atoms with E-state index in [9.17, 15) is 4.79 Å². The Balaban J connectivity index is 1.68. The molecule has 0 aromatic heterocycles. The first-order valence-electron chi connectivity index (χ1n) is 8.09. The van der Waals surface area contributed by atoms with Gasteiger partial charge in [0, 0.05) is 0 Å². The molecule has 2 aromatic rings. The molecule has 0 aliphatic carbocycles. The summed E-state index contributed by atoms with van der Waals surface area (Å²) in [5.74, 6) is -0.401. The number of allylic oxidation sites excluding steroid dienone is 2. The number of benzene rings is 2. The molecule has 0 amide bonds. The van der Waals surface area contributed by atoms with E-state index in [0.29, 0.717) is 11.3 Å². The number of hydrogen-bond donors (Lipinski definition) is 0. The van der Waals surface area contributed by atoms with E-state index in [1.165, 1.54) is 14.7 Å². The van der Waals surface area contributed by atoms with Crippen molar-refractivity contribution in [2.75, 3.05) is 11.4 Å². The van der Waals surface area contributed by atoms with Gasteiger partial charge in [-0.2, -0.15) is 0 Å². The molecule has 2 aliphatic heterocycles. The minimum absolute atomic E-state index is 0.232. The number of oxime groups is 1. The first-order chi connectivity index (χ1) is 12.3. The van der Waals surface area contributed by atoms with E-state index in [-0.39, 0.29) is 15.0 Å². The van der Waals surface area contributed by atoms with E-state index in [2.05, 4.69) is 41.2 Å². The Kier molecular flexibility index (Phi) is 4.26. The standard InChI is InChI=1S/C20H16N2O2Se/c1-2-22-16-10-6-7-11-17(16)25-18(22)13-12-15-19(21-24-20(15)23)14-8-4-3-5-9-14/h3-13H,2H2,1H3/b15-12-,18-13-. The van der Waals surface area contributed by atoms with Crippen molar-refractivity contribution in [3.05, 3.63) is 82.5 Å². The van der Waals surface area contributed by atoms with Crippen LogP contribution in [0, 0.1) is 0 Å². The maximum absolute atomic E-state index is 12.1. The van der Waals surface area contributed by atoms with Crippen molar-refractivity contribution in [2.24, 2.45) is 5.16 Å². The average molecular weight is 395 g/mol. The third-order valence-electron chi connectivity index (χ3n) is 4.09. The molecule has 0 saturated carbocycles. The third kappa shape index (κ3) is 2.93. The van der Waals surface area contributed by atoms with Gasteiger partial charge in [0.15, 0.2) is 0 Å². The van der Waals surface area contributed by atoms with Crippen LogP contribution in [0.5, 0.6) is 0 Å². The summed E-state index contributed by atoms with van der Waals surface area (Å²) in [5.41, 5.74) is 3.24. The molecule has 0 unspecified atom stereocenters. The molecular formula is C20H16N2O2Se. The van der Waals surface area contributed by atoms with E-state index in [1.54, 1.807) is 0 Å². The summed E-state index contributed by atoms with van der Waals surface area (Å²) in [6, 6.07) is 18.1. The Morgan fingerprint density at radius 3 is 2.64 bits per heavy atom. The van der Waals surface area contributed by atoms with Crippen LogP contribution in [0.1, 0.15) is 12.5 Å². The summed E-state index contributed by atoms with van der Waals surface area (Å²) in [7, 11) is 0. The number of carbonyl (C=O) groups excluding carboxylic acids is 1. The molecule has 0 fully saturated rings. The van der Waals surface area contributed by atoms with Gasteiger partial charge in [-0.1, -0.05) is 0 Å². The van der Waals surface area contributed by atoms with Crippen LogP contribution in [0.4, 0.5) is 5.69 Å². The predicted octanol–water partition coefficient (Wildman–Crippen LogP) is 2.58. The van der Waals surface area contributed by atoms with Gasteiger partial charge in [0.25, 0.3) is 0 Å². The second kappa shape index (κ2) is 6.71. The number of hydrogen-bond acceptors (Lipinski definition) is 4. The molecule has 0 atom stereocenters. The van der Waals surface area contributed by atoms with Crippen LogP contribution in [0.2, 0.25) is 0 Å². The Labute approximate surface area is 152 Å². The molecule has 0 bridgehead atoms. The van der Waals surface area contributed by atoms with Crippen LogP contribution < -0.4 is 9.36 Å². The van der Waals surface area contributed by atoms with E-state index < -0.39 is 5.97 Å². The van der Waals surface area contributed by atoms with E-state index in [1.807, 2.05) is 42.5 Å². The van der Waals surface area contributed by atoms with Crippen molar-refractivity contribution in [3.8, 4) is 0 Å². The minimum atomic E-state index is -0.401. The second-order valence-electron chi connectivity index (χ2n) is 5.58.